The highest BCUT2D eigenvalue weighted by atomic mass is 16.5. The molecule has 3 rings (SSSR count). The first-order valence-electron chi connectivity index (χ1n) is 9.83. The molecular weight excluding hydrogens is 372 g/mol. The highest BCUT2D eigenvalue weighted by Gasteiger charge is 2.27. The lowest BCUT2D eigenvalue weighted by Gasteiger charge is -2.33. The van der Waals surface area contributed by atoms with E-state index in [-0.39, 0.29) is 17.9 Å². The molecule has 8 nitrogen and oxygen atoms in total. The first kappa shape index (κ1) is 21.0. The number of ether oxygens (including phenoxy) is 2. The minimum Gasteiger partial charge on any atom is -0.384 e. The molecule has 0 radical (unpaired) electrons. The Morgan fingerprint density at radius 3 is 2.55 bits per heavy atom. The molecule has 0 spiro atoms. The van der Waals surface area contributed by atoms with Gasteiger partial charge in [0.25, 0.3) is 5.91 Å². The number of aromatic nitrogens is 2. The van der Waals surface area contributed by atoms with Gasteiger partial charge in [0.2, 0.25) is 5.91 Å². The molecule has 1 saturated heterocycles. The molecule has 1 atom stereocenters. The first-order valence-corrected chi connectivity index (χ1v) is 9.83. The summed E-state index contributed by atoms with van der Waals surface area (Å²) in [5.74, 6) is 0.509. The number of carbonyl (C=O) groups excluding carboxylic acids is 2. The van der Waals surface area contributed by atoms with E-state index in [1.807, 2.05) is 39.9 Å². The average Bonchev–Trinajstić information content (AvgIpc) is 3.21. The SMILES string of the molecule is COCCC(=O)N1CCC(n2nccc2NC(=O)[C@@H](OC)c2ccccc2)CC1. The minimum absolute atomic E-state index is 0.116. The Labute approximate surface area is 170 Å². The Morgan fingerprint density at radius 2 is 1.90 bits per heavy atom. The second-order valence-electron chi connectivity index (χ2n) is 7.03. The molecule has 2 aromatic rings. The van der Waals surface area contributed by atoms with E-state index in [1.165, 1.54) is 7.11 Å². The van der Waals surface area contributed by atoms with Gasteiger partial charge in [-0.15, -0.1) is 0 Å². The molecule has 1 aromatic carbocycles. The normalized spacial score (nSPS) is 15.9. The van der Waals surface area contributed by atoms with Crippen LogP contribution in [0.1, 0.15) is 37.0 Å². The summed E-state index contributed by atoms with van der Waals surface area (Å²) in [4.78, 5) is 26.8. The Balaban J connectivity index is 1.61. The molecule has 0 saturated carbocycles. The summed E-state index contributed by atoms with van der Waals surface area (Å²) in [7, 11) is 3.11. The predicted molar refractivity (Wildman–Crippen MR) is 108 cm³/mol. The lowest BCUT2D eigenvalue weighted by molar-refractivity contribution is -0.133. The second-order valence-corrected chi connectivity index (χ2v) is 7.03. The molecule has 0 bridgehead atoms. The van der Waals surface area contributed by atoms with E-state index in [9.17, 15) is 9.59 Å². The third-order valence-electron chi connectivity index (χ3n) is 5.18. The van der Waals surface area contributed by atoms with Gasteiger partial charge >= 0.3 is 0 Å². The van der Waals surface area contributed by atoms with Crippen molar-refractivity contribution in [1.82, 2.24) is 14.7 Å². The summed E-state index contributed by atoms with van der Waals surface area (Å²) < 4.78 is 12.2. The van der Waals surface area contributed by atoms with Crippen LogP contribution in [0.4, 0.5) is 5.82 Å². The number of rotatable bonds is 8. The summed E-state index contributed by atoms with van der Waals surface area (Å²) in [6.07, 6.45) is 2.96. The third kappa shape index (κ3) is 5.21. The van der Waals surface area contributed by atoms with Crippen LogP contribution < -0.4 is 5.32 Å². The molecule has 1 aliphatic rings. The first-order chi connectivity index (χ1) is 14.1. The summed E-state index contributed by atoms with van der Waals surface area (Å²) in [6, 6.07) is 11.3. The highest BCUT2D eigenvalue weighted by Crippen LogP contribution is 2.27. The van der Waals surface area contributed by atoms with Crippen LogP contribution in [0.15, 0.2) is 42.6 Å². The maximum absolute atomic E-state index is 12.8. The molecule has 29 heavy (non-hydrogen) atoms. The van der Waals surface area contributed by atoms with E-state index in [2.05, 4.69) is 10.4 Å². The van der Waals surface area contributed by atoms with Crippen LogP contribution in [0.5, 0.6) is 0 Å². The van der Waals surface area contributed by atoms with E-state index in [1.54, 1.807) is 19.4 Å². The maximum atomic E-state index is 12.8. The van der Waals surface area contributed by atoms with Gasteiger partial charge in [-0.3, -0.25) is 9.59 Å². The van der Waals surface area contributed by atoms with Crippen LogP contribution in [0.25, 0.3) is 0 Å². The summed E-state index contributed by atoms with van der Waals surface area (Å²) in [5, 5.41) is 7.35. The number of hydrogen-bond donors (Lipinski definition) is 1. The Kier molecular flexibility index (Phi) is 7.37. The number of methoxy groups -OCH3 is 2. The van der Waals surface area contributed by atoms with Gasteiger partial charge in [-0.05, 0) is 18.4 Å². The molecule has 2 heterocycles. The van der Waals surface area contributed by atoms with E-state index in [0.29, 0.717) is 31.9 Å². The van der Waals surface area contributed by atoms with Gasteiger partial charge < -0.3 is 19.7 Å². The number of nitrogens with zero attached hydrogens (tertiary/aromatic N) is 3. The maximum Gasteiger partial charge on any atom is 0.259 e. The Bertz CT molecular complexity index is 800. The predicted octanol–water partition coefficient (Wildman–Crippen LogP) is 2.41. The van der Waals surface area contributed by atoms with Gasteiger partial charge in [-0.2, -0.15) is 5.10 Å². The van der Waals surface area contributed by atoms with Crippen LogP contribution in [0, 0.1) is 0 Å². The Morgan fingerprint density at radius 1 is 1.17 bits per heavy atom. The minimum atomic E-state index is -0.695. The number of carbonyl (C=O) groups is 2. The van der Waals surface area contributed by atoms with Crippen molar-refractivity contribution in [3.63, 3.8) is 0 Å². The number of anilines is 1. The number of likely N-dealkylation sites (tertiary alicyclic amines) is 1. The Hall–Kier alpha value is -2.71. The number of amides is 2. The topological polar surface area (TPSA) is 85.7 Å². The monoisotopic (exact) mass is 400 g/mol. The zero-order valence-corrected chi connectivity index (χ0v) is 16.9. The summed E-state index contributed by atoms with van der Waals surface area (Å²) >= 11 is 0. The number of piperidine rings is 1. The fourth-order valence-corrected chi connectivity index (χ4v) is 3.63. The van der Waals surface area contributed by atoms with Crippen LogP contribution in [0.3, 0.4) is 0 Å². The molecule has 2 amide bonds. The second kappa shape index (κ2) is 10.2. The van der Waals surface area contributed by atoms with E-state index in [4.69, 9.17) is 9.47 Å². The molecule has 1 aromatic heterocycles. The van der Waals surface area contributed by atoms with Gasteiger partial charge in [0, 0.05) is 33.4 Å². The van der Waals surface area contributed by atoms with E-state index < -0.39 is 6.10 Å². The lowest BCUT2D eigenvalue weighted by Crippen LogP contribution is -2.39. The fourth-order valence-electron chi connectivity index (χ4n) is 3.63. The molecule has 1 N–H and O–H groups in total. The van der Waals surface area contributed by atoms with Crippen LogP contribution in [0.2, 0.25) is 0 Å². The molecule has 1 aliphatic heterocycles. The number of nitrogens with one attached hydrogen (secondary N) is 1. The van der Waals surface area contributed by atoms with Gasteiger partial charge in [0.1, 0.15) is 5.82 Å². The standard InChI is InChI=1S/C21H28N4O4/c1-28-15-11-19(26)24-13-9-17(10-14-24)25-18(8-12-22-25)23-21(27)20(29-2)16-6-4-3-5-7-16/h3-8,12,17,20H,9-11,13-15H2,1-2H3,(H,23,27)/t20-/m0/s1. The molecule has 1 fully saturated rings. The van der Waals surface area contributed by atoms with Crippen LogP contribution in [-0.2, 0) is 19.1 Å². The van der Waals surface area contributed by atoms with Crippen LogP contribution >= 0.6 is 0 Å². The fraction of sp³-hybridized carbons (Fsp3) is 0.476. The van der Waals surface area contributed by atoms with Crippen molar-refractivity contribution in [3.05, 3.63) is 48.2 Å². The number of benzene rings is 1. The van der Waals surface area contributed by atoms with Gasteiger partial charge in [0.15, 0.2) is 6.10 Å². The smallest absolute Gasteiger partial charge is 0.259 e. The van der Waals surface area contributed by atoms with E-state index in [0.717, 1.165) is 18.4 Å². The molecule has 8 heteroatoms. The van der Waals surface area contributed by atoms with Crippen LogP contribution in [-0.4, -0.2) is 60.4 Å². The zero-order valence-electron chi connectivity index (χ0n) is 16.9. The van der Waals surface area contributed by atoms with Crippen molar-refractivity contribution < 1.29 is 19.1 Å². The van der Waals surface area contributed by atoms with Crippen molar-refractivity contribution in [3.8, 4) is 0 Å². The molecule has 0 unspecified atom stereocenters. The van der Waals surface area contributed by atoms with Crippen molar-refractivity contribution in [2.45, 2.75) is 31.4 Å². The van der Waals surface area contributed by atoms with Crippen molar-refractivity contribution >= 4 is 17.6 Å². The van der Waals surface area contributed by atoms with Gasteiger partial charge in [0.05, 0.1) is 25.3 Å². The molecule has 156 valence electrons. The summed E-state index contributed by atoms with van der Waals surface area (Å²) in [6.45, 7) is 1.78. The number of hydrogen-bond acceptors (Lipinski definition) is 5. The quantitative estimate of drug-likeness (QED) is 0.735. The summed E-state index contributed by atoms with van der Waals surface area (Å²) in [5.41, 5.74) is 0.793. The van der Waals surface area contributed by atoms with Crippen molar-refractivity contribution in [2.75, 3.05) is 39.2 Å². The highest BCUT2D eigenvalue weighted by molar-refractivity contribution is 5.94. The van der Waals surface area contributed by atoms with Gasteiger partial charge in [-0.1, -0.05) is 30.3 Å². The van der Waals surface area contributed by atoms with Crippen molar-refractivity contribution in [1.29, 1.82) is 0 Å². The largest absolute Gasteiger partial charge is 0.384 e. The molecule has 0 aliphatic carbocycles. The third-order valence-corrected chi connectivity index (χ3v) is 5.18. The van der Waals surface area contributed by atoms with E-state index >= 15 is 0 Å². The van der Waals surface area contributed by atoms with Gasteiger partial charge in [-0.25, -0.2) is 4.68 Å². The molecular formula is C21H28N4O4. The van der Waals surface area contributed by atoms with Crippen molar-refractivity contribution in [2.24, 2.45) is 0 Å². The average molecular weight is 400 g/mol. The lowest BCUT2D eigenvalue weighted by atomic mass is 10.0. The zero-order chi connectivity index (χ0) is 20.6.